The highest BCUT2D eigenvalue weighted by Gasteiger charge is 1.96. The van der Waals surface area contributed by atoms with Gasteiger partial charge in [0.2, 0.25) is 0 Å². The molecule has 0 aromatic rings. The summed E-state index contributed by atoms with van der Waals surface area (Å²) >= 11 is 0. The summed E-state index contributed by atoms with van der Waals surface area (Å²) < 4.78 is 0. The minimum atomic E-state index is 0.890. The molecule has 0 rings (SSSR count). The van der Waals surface area contributed by atoms with Gasteiger partial charge in [-0.1, -0.05) is 118 Å². The van der Waals surface area contributed by atoms with E-state index in [1.54, 1.807) is 0 Å². The van der Waals surface area contributed by atoms with Gasteiger partial charge in [-0.15, -0.1) is 0 Å². The van der Waals surface area contributed by atoms with Crippen LogP contribution in [0.3, 0.4) is 0 Å². The van der Waals surface area contributed by atoms with E-state index in [0.29, 0.717) is 0 Å². The SMILES string of the molecule is CC(C)CCCCCCCCCNCCCCCCCCCC(C)C. The number of nitrogens with one attached hydrogen (secondary N) is 1. The molecule has 0 saturated carbocycles. The lowest BCUT2D eigenvalue weighted by Crippen LogP contribution is -2.16. The maximum Gasteiger partial charge on any atom is -0.00489 e. The van der Waals surface area contributed by atoms with E-state index in [9.17, 15) is 0 Å². The molecule has 0 fully saturated rings. The van der Waals surface area contributed by atoms with E-state index < -0.39 is 0 Å². The van der Waals surface area contributed by atoms with Gasteiger partial charge < -0.3 is 5.32 Å². The minimum Gasteiger partial charge on any atom is -0.317 e. The molecule has 0 atom stereocenters. The van der Waals surface area contributed by atoms with Gasteiger partial charge in [-0.3, -0.25) is 0 Å². The smallest absolute Gasteiger partial charge is 0.00489 e. The van der Waals surface area contributed by atoms with Crippen LogP contribution < -0.4 is 5.32 Å². The molecule has 0 aliphatic rings. The van der Waals surface area contributed by atoms with Crippen LogP contribution in [0.5, 0.6) is 0 Å². The summed E-state index contributed by atoms with van der Waals surface area (Å²) in [6.07, 6.45) is 22.9. The zero-order chi connectivity index (χ0) is 18.6. The molecule has 0 radical (unpaired) electrons. The first kappa shape index (κ1) is 25.0. The van der Waals surface area contributed by atoms with E-state index in [0.717, 1.165) is 11.8 Å². The van der Waals surface area contributed by atoms with Crippen LogP contribution in [-0.2, 0) is 0 Å². The normalized spacial score (nSPS) is 11.8. The molecule has 1 N–H and O–H groups in total. The van der Waals surface area contributed by atoms with Gasteiger partial charge >= 0.3 is 0 Å². The van der Waals surface area contributed by atoms with Crippen LogP contribution in [0, 0.1) is 11.8 Å². The van der Waals surface area contributed by atoms with Gasteiger partial charge in [0.15, 0.2) is 0 Å². The Balaban J connectivity index is 2.98. The Morgan fingerprint density at radius 3 is 1.00 bits per heavy atom. The van der Waals surface area contributed by atoms with E-state index in [-0.39, 0.29) is 0 Å². The van der Waals surface area contributed by atoms with Crippen molar-refractivity contribution in [1.82, 2.24) is 5.32 Å². The average Bonchev–Trinajstić information content (AvgIpc) is 2.56. The van der Waals surface area contributed by atoms with Crippen molar-refractivity contribution in [3.8, 4) is 0 Å². The third kappa shape index (κ3) is 24.0. The molecular formula is C24H51N. The van der Waals surface area contributed by atoms with Crippen LogP contribution in [0.2, 0.25) is 0 Å². The summed E-state index contributed by atoms with van der Waals surface area (Å²) in [6.45, 7) is 11.8. The van der Waals surface area contributed by atoms with E-state index >= 15 is 0 Å². The molecule has 0 aliphatic heterocycles. The van der Waals surface area contributed by atoms with Crippen molar-refractivity contribution in [3.05, 3.63) is 0 Å². The maximum atomic E-state index is 3.63. The minimum absolute atomic E-state index is 0.890. The highest BCUT2D eigenvalue weighted by molar-refractivity contribution is 4.53. The summed E-state index contributed by atoms with van der Waals surface area (Å²) in [5.41, 5.74) is 0. The van der Waals surface area contributed by atoms with Gasteiger partial charge in [-0.2, -0.15) is 0 Å². The molecule has 0 bridgehead atoms. The Morgan fingerprint density at radius 2 is 0.680 bits per heavy atom. The Bertz CT molecular complexity index is 210. The fraction of sp³-hybridized carbons (Fsp3) is 1.00. The topological polar surface area (TPSA) is 12.0 Å². The highest BCUT2D eigenvalue weighted by atomic mass is 14.8. The lowest BCUT2D eigenvalue weighted by atomic mass is 10.0. The predicted octanol–water partition coefficient (Wildman–Crippen LogP) is 8.13. The van der Waals surface area contributed by atoms with Crippen LogP contribution in [0.4, 0.5) is 0 Å². The van der Waals surface area contributed by atoms with Crippen LogP contribution in [0.1, 0.15) is 130 Å². The second kappa shape index (κ2) is 20.3. The monoisotopic (exact) mass is 353 g/mol. The lowest BCUT2D eigenvalue weighted by Gasteiger charge is -2.06. The second-order valence-electron chi connectivity index (χ2n) is 9.06. The van der Waals surface area contributed by atoms with E-state index in [1.807, 2.05) is 0 Å². The van der Waals surface area contributed by atoms with Crippen LogP contribution in [-0.4, -0.2) is 13.1 Å². The van der Waals surface area contributed by atoms with Crippen molar-refractivity contribution in [1.29, 1.82) is 0 Å². The molecule has 25 heavy (non-hydrogen) atoms. The van der Waals surface area contributed by atoms with Crippen LogP contribution >= 0.6 is 0 Å². The zero-order valence-corrected chi connectivity index (χ0v) is 18.4. The van der Waals surface area contributed by atoms with Crippen LogP contribution in [0.25, 0.3) is 0 Å². The Labute approximate surface area is 161 Å². The molecule has 152 valence electrons. The van der Waals surface area contributed by atoms with Crippen molar-refractivity contribution in [2.75, 3.05) is 13.1 Å². The average molecular weight is 354 g/mol. The Morgan fingerprint density at radius 1 is 0.400 bits per heavy atom. The molecule has 1 heteroatoms. The first-order valence-corrected chi connectivity index (χ1v) is 11.8. The molecule has 0 saturated heterocycles. The van der Waals surface area contributed by atoms with Crippen molar-refractivity contribution in [3.63, 3.8) is 0 Å². The molecule has 1 nitrogen and oxygen atoms in total. The van der Waals surface area contributed by atoms with Gasteiger partial charge in [0, 0.05) is 0 Å². The molecule has 0 amide bonds. The predicted molar refractivity (Wildman–Crippen MR) is 116 cm³/mol. The quantitative estimate of drug-likeness (QED) is 0.218. The number of rotatable bonds is 20. The Hall–Kier alpha value is -0.0400. The molecular weight excluding hydrogens is 302 g/mol. The standard InChI is InChI=1S/C24H51N/c1-23(2)19-15-11-7-5-9-13-17-21-25-22-18-14-10-6-8-12-16-20-24(3)4/h23-25H,5-22H2,1-4H3. The first-order chi connectivity index (χ1) is 12.1. The molecule has 0 aliphatic carbocycles. The van der Waals surface area contributed by atoms with Crippen molar-refractivity contribution < 1.29 is 0 Å². The number of hydrogen-bond acceptors (Lipinski definition) is 1. The number of hydrogen-bond donors (Lipinski definition) is 1. The summed E-state index contributed by atoms with van der Waals surface area (Å²) in [5, 5.41) is 3.63. The van der Waals surface area contributed by atoms with Crippen molar-refractivity contribution in [2.45, 2.75) is 130 Å². The van der Waals surface area contributed by atoms with E-state index in [2.05, 4.69) is 33.0 Å². The summed E-state index contributed by atoms with van der Waals surface area (Å²) in [5.74, 6) is 1.78. The summed E-state index contributed by atoms with van der Waals surface area (Å²) in [4.78, 5) is 0. The zero-order valence-electron chi connectivity index (χ0n) is 18.4. The fourth-order valence-electron chi connectivity index (χ4n) is 3.50. The van der Waals surface area contributed by atoms with Gasteiger partial charge in [0.1, 0.15) is 0 Å². The fourth-order valence-corrected chi connectivity index (χ4v) is 3.50. The lowest BCUT2D eigenvalue weighted by molar-refractivity contribution is 0.499. The Kier molecular flexibility index (Phi) is 20.2. The third-order valence-electron chi connectivity index (χ3n) is 5.27. The van der Waals surface area contributed by atoms with E-state index in [4.69, 9.17) is 0 Å². The second-order valence-corrected chi connectivity index (χ2v) is 9.06. The van der Waals surface area contributed by atoms with E-state index in [1.165, 1.54) is 116 Å². The molecule has 0 unspecified atom stereocenters. The van der Waals surface area contributed by atoms with Gasteiger partial charge in [0.25, 0.3) is 0 Å². The number of unbranched alkanes of at least 4 members (excludes halogenated alkanes) is 12. The third-order valence-corrected chi connectivity index (χ3v) is 5.27. The van der Waals surface area contributed by atoms with Crippen molar-refractivity contribution >= 4 is 0 Å². The van der Waals surface area contributed by atoms with Gasteiger partial charge in [0.05, 0.1) is 0 Å². The molecule has 0 aromatic carbocycles. The largest absolute Gasteiger partial charge is 0.317 e. The van der Waals surface area contributed by atoms with Gasteiger partial charge in [-0.25, -0.2) is 0 Å². The van der Waals surface area contributed by atoms with Crippen molar-refractivity contribution in [2.24, 2.45) is 11.8 Å². The summed E-state index contributed by atoms with van der Waals surface area (Å²) in [6, 6.07) is 0. The van der Waals surface area contributed by atoms with Crippen LogP contribution in [0.15, 0.2) is 0 Å². The molecule has 0 heterocycles. The maximum absolute atomic E-state index is 3.63. The first-order valence-electron chi connectivity index (χ1n) is 11.8. The summed E-state index contributed by atoms with van der Waals surface area (Å²) in [7, 11) is 0. The van der Waals surface area contributed by atoms with Gasteiger partial charge in [-0.05, 0) is 37.8 Å². The molecule has 0 spiro atoms. The molecule has 0 aromatic heterocycles. The highest BCUT2D eigenvalue weighted by Crippen LogP contribution is 2.13.